The highest BCUT2D eigenvalue weighted by molar-refractivity contribution is 4.74. The molecule has 0 spiro atoms. The third-order valence-corrected chi connectivity index (χ3v) is 5.18. The van der Waals surface area contributed by atoms with E-state index in [9.17, 15) is 0 Å². The van der Waals surface area contributed by atoms with E-state index in [1.165, 1.54) is 89.9 Å². The van der Waals surface area contributed by atoms with Crippen molar-refractivity contribution in [1.29, 1.82) is 0 Å². The van der Waals surface area contributed by atoms with E-state index in [2.05, 4.69) is 34.6 Å². The van der Waals surface area contributed by atoms with Crippen molar-refractivity contribution in [3.8, 4) is 0 Å². The molecular formula is C22H45. The summed E-state index contributed by atoms with van der Waals surface area (Å²) in [4.78, 5) is 0. The summed E-state index contributed by atoms with van der Waals surface area (Å²) in [6.07, 6.45) is 21.2. The molecule has 133 valence electrons. The third-order valence-electron chi connectivity index (χ3n) is 5.18. The maximum absolute atomic E-state index is 4.05. The van der Waals surface area contributed by atoms with Crippen molar-refractivity contribution in [3.05, 3.63) is 6.92 Å². The lowest BCUT2D eigenvalue weighted by Crippen LogP contribution is -2.20. The molecular weight excluding hydrogens is 264 g/mol. The third kappa shape index (κ3) is 13.6. The quantitative estimate of drug-likeness (QED) is 0.266. The fraction of sp³-hybridized carbons (Fsp3) is 0.955. The van der Waals surface area contributed by atoms with E-state index in [4.69, 9.17) is 0 Å². The Bertz CT molecular complexity index is 211. The number of unbranched alkanes of at least 4 members (excludes halogenated alkanes) is 11. The number of rotatable bonds is 15. The second-order valence-electron chi connectivity index (χ2n) is 8.38. The molecule has 0 rings (SSSR count). The van der Waals surface area contributed by atoms with Crippen LogP contribution in [0.25, 0.3) is 0 Å². The van der Waals surface area contributed by atoms with Crippen LogP contribution >= 0.6 is 0 Å². The largest absolute Gasteiger partial charge is 0.0654 e. The van der Waals surface area contributed by atoms with E-state index < -0.39 is 0 Å². The van der Waals surface area contributed by atoms with Gasteiger partial charge in [-0.3, -0.25) is 0 Å². The zero-order valence-corrected chi connectivity index (χ0v) is 16.4. The average molecular weight is 310 g/mol. The van der Waals surface area contributed by atoms with Crippen molar-refractivity contribution in [2.75, 3.05) is 0 Å². The molecule has 0 amide bonds. The van der Waals surface area contributed by atoms with E-state index in [0.717, 1.165) is 12.3 Å². The molecule has 0 saturated heterocycles. The van der Waals surface area contributed by atoms with E-state index in [1.807, 2.05) is 0 Å². The molecule has 0 aliphatic rings. The lowest BCUT2D eigenvalue weighted by molar-refractivity contribution is 0.207. The molecule has 22 heavy (non-hydrogen) atoms. The second kappa shape index (κ2) is 14.6. The molecule has 0 N–H and O–H groups in total. The summed E-state index contributed by atoms with van der Waals surface area (Å²) in [5.74, 6) is 0.869. The van der Waals surface area contributed by atoms with Gasteiger partial charge in [0, 0.05) is 0 Å². The Morgan fingerprint density at radius 2 is 1.05 bits per heavy atom. The van der Waals surface area contributed by atoms with Gasteiger partial charge < -0.3 is 0 Å². The standard InChI is InChI=1S/C22H45/c1-6-8-9-10-11-12-13-14-15-16-17-18-20-21(19-7-2)22(3,4)5/h21H,2,6-20H2,1,3-5H3. The molecule has 1 atom stereocenters. The van der Waals surface area contributed by atoms with Crippen molar-refractivity contribution in [1.82, 2.24) is 0 Å². The molecule has 0 bridgehead atoms. The molecule has 0 aliphatic heterocycles. The highest BCUT2D eigenvalue weighted by atomic mass is 14.3. The molecule has 0 fully saturated rings. The van der Waals surface area contributed by atoms with Crippen molar-refractivity contribution in [3.63, 3.8) is 0 Å². The lowest BCUT2D eigenvalue weighted by Gasteiger charge is -2.30. The Morgan fingerprint density at radius 1 is 0.636 bits per heavy atom. The van der Waals surface area contributed by atoms with Gasteiger partial charge in [-0.05, 0) is 24.2 Å². The van der Waals surface area contributed by atoms with E-state index in [-0.39, 0.29) is 0 Å². The van der Waals surface area contributed by atoms with Gasteiger partial charge in [-0.15, -0.1) is 0 Å². The summed E-state index contributed by atoms with van der Waals surface area (Å²) in [6, 6.07) is 0. The van der Waals surface area contributed by atoms with Crippen molar-refractivity contribution in [2.45, 2.75) is 124 Å². The first kappa shape index (κ1) is 22.0. The fourth-order valence-electron chi connectivity index (χ4n) is 3.49. The summed E-state index contributed by atoms with van der Waals surface area (Å²) in [7, 11) is 0. The van der Waals surface area contributed by atoms with Crippen LogP contribution < -0.4 is 0 Å². The zero-order valence-electron chi connectivity index (χ0n) is 16.4. The smallest absolute Gasteiger partial charge is 0.0354 e. The zero-order chi connectivity index (χ0) is 16.7. The molecule has 0 aromatic rings. The number of hydrogen-bond donors (Lipinski definition) is 0. The van der Waals surface area contributed by atoms with E-state index in [0.29, 0.717) is 5.41 Å². The second-order valence-corrected chi connectivity index (χ2v) is 8.38. The first-order valence-corrected chi connectivity index (χ1v) is 10.3. The highest BCUT2D eigenvalue weighted by Gasteiger charge is 2.22. The molecule has 0 heteroatoms. The van der Waals surface area contributed by atoms with Gasteiger partial charge in [0.05, 0.1) is 0 Å². The minimum Gasteiger partial charge on any atom is -0.0654 e. The van der Waals surface area contributed by atoms with Crippen LogP contribution in [0.2, 0.25) is 0 Å². The van der Waals surface area contributed by atoms with E-state index in [1.54, 1.807) is 0 Å². The maximum atomic E-state index is 4.05. The fourth-order valence-corrected chi connectivity index (χ4v) is 3.49. The molecule has 0 aromatic carbocycles. The van der Waals surface area contributed by atoms with Crippen molar-refractivity contribution in [2.24, 2.45) is 11.3 Å². The van der Waals surface area contributed by atoms with Gasteiger partial charge in [-0.2, -0.15) is 0 Å². The molecule has 0 nitrogen and oxygen atoms in total. The van der Waals surface area contributed by atoms with Gasteiger partial charge in [0.25, 0.3) is 0 Å². The molecule has 1 radical (unpaired) electrons. The molecule has 1 unspecified atom stereocenters. The van der Waals surface area contributed by atoms with Crippen molar-refractivity contribution < 1.29 is 0 Å². The van der Waals surface area contributed by atoms with Gasteiger partial charge in [-0.1, -0.05) is 118 Å². The van der Waals surface area contributed by atoms with E-state index >= 15 is 0 Å². The van der Waals surface area contributed by atoms with Crippen LogP contribution in [0.4, 0.5) is 0 Å². The Morgan fingerprint density at radius 3 is 1.41 bits per heavy atom. The maximum Gasteiger partial charge on any atom is -0.0354 e. The lowest BCUT2D eigenvalue weighted by atomic mass is 9.75. The molecule has 0 saturated carbocycles. The Balaban J connectivity index is 3.35. The van der Waals surface area contributed by atoms with Crippen LogP contribution in [-0.2, 0) is 0 Å². The van der Waals surface area contributed by atoms with Crippen LogP contribution in [0, 0.1) is 18.3 Å². The van der Waals surface area contributed by atoms with Crippen LogP contribution in [0.5, 0.6) is 0 Å². The average Bonchev–Trinajstić information content (AvgIpc) is 2.46. The Kier molecular flexibility index (Phi) is 14.6. The highest BCUT2D eigenvalue weighted by Crippen LogP contribution is 2.33. The molecule has 0 aliphatic carbocycles. The first-order valence-electron chi connectivity index (χ1n) is 10.3. The number of hydrogen-bond acceptors (Lipinski definition) is 0. The summed E-state index contributed by atoms with van der Waals surface area (Å²) in [6.45, 7) is 13.5. The summed E-state index contributed by atoms with van der Waals surface area (Å²) in [5.41, 5.74) is 0.468. The topological polar surface area (TPSA) is 0 Å². The van der Waals surface area contributed by atoms with Gasteiger partial charge in [0.1, 0.15) is 0 Å². The van der Waals surface area contributed by atoms with Crippen LogP contribution in [0.1, 0.15) is 124 Å². The summed E-state index contributed by atoms with van der Waals surface area (Å²) >= 11 is 0. The first-order chi connectivity index (χ1) is 10.5. The van der Waals surface area contributed by atoms with Gasteiger partial charge in [-0.25, -0.2) is 0 Å². The SMILES string of the molecule is [CH2]CCC(CCCCCCCCCCCCCC)C(C)(C)C. The van der Waals surface area contributed by atoms with Gasteiger partial charge in [0.2, 0.25) is 0 Å². The Hall–Kier alpha value is 0. The normalized spacial score (nSPS) is 13.5. The molecule has 0 heterocycles. The molecule has 0 aromatic heterocycles. The summed E-state index contributed by atoms with van der Waals surface area (Å²) in [5, 5.41) is 0. The van der Waals surface area contributed by atoms with Crippen LogP contribution in [0.3, 0.4) is 0 Å². The van der Waals surface area contributed by atoms with Gasteiger partial charge in [0.15, 0.2) is 0 Å². The Labute approximate surface area is 142 Å². The predicted octanol–water partition coefficient (Wildman–Crippen LogP) is 8.35. The summed E-state index contributed by atoms with van der Waals surface area (Å²) < 4.78 is 0. The van der Waals surface area contributed by atoms with Crippen molar-refractivity contribution >= 4 is 0 Å². The van der Waals surface area contributed by atoms with Gasteiger partial charge >= 0.3 is 0 Å². The monoisotopic (exact) mass is 309 g/mol. The van der Waals surface area contributed by atoms with Crippen LogP contribution in [0.15, 0.2) is 0 Å². The minimum atomic E-state index is 0.468. The van der Waals surface area contributed by atoms with Crippen LogP contribution in [-0.4, -0.2) is 0 Å². The predicted molar refractivity (Wildman–Crippen MR) is 103 cm³/mol. The minimum absolute atomic E-state index is 0.468.